The monoisotopic (exact) mass is 187 g/mol. The highest BCUT2D eigenvalue weighted by Crippen LogP contribution is 2.17. The van der Waals surface area contributed by atoms with Crippen LogP contribution in [0.15, 0.2) is 11.8 Å². The second-order valence-corrected chi connectivity index (χ2v) is 4.84. The molecule has 1 heterocycles. The lowest BCUT2D eigenvalue weighted by molar-refractivity contribution is 0.228. The predicted octanol–water partition coefficient (Wildman–Crippen LogP) is 1.76. The molecule has 0 radical (unpaired) electrons. The summed E-state index contributed by atoms with van der Waals surface area (Å²) in [6.45, 7) is 5.18. The van der Waals surface area contributed by atoms with Gasteiger partial charge in [0.15, 0.2) is 0 Å². The average molecular weight is 187 g/mol. The highest BCUT2D eigenvalue weighted by atomic mass is 32.2. The molecule has 0 saturated carbocycles. The molecule has 1 atom stereocenters. The van der Waals surface area contributed by atoms with E-state index in [-0.39, 0.29) is 6.04 Å². The van der Waals surface area contributed by atoms with E-state index in [1.165, 1.54) is 0 Å². The third kappa shape index (κ3) is 3.07. The fourth-order valence-corrected chi connectivity index (χ4v) is 1.83. The van der Waals surface area contributed by atoms with Gasteiger partial charge in [0.25, 0.3) is 0 Å². The second kappa shape index (κ2) is 4.77. The van der Waals surface area contributed by atoms with Crippen LogP contribution in [0.2, 0.25) is 0 Å². The lowest BCUT2D eigenvalue weighted by Gasteiger charge is -2.13. The van der Waals surface area contributed by atoms with Crippen molar-refractivity contribution in [2.75, 3.05) is 12.4 Å². The van der Waals surface area contributed by atoms with Crippen LogP contribution < -0.4 is 5.73 Å². The van der Waals surface area contributed by atoms with Gasteiger partial charge in [0.05, 0.1) is 12.6 Å². The van der Waals surface area contributed by atoms with Gasteiger partial charge in [-0.05, 0) is 11.3 Å². The molecule has 12 heavy (non-hydrogen) atoms. The summed E-state index contributed by atoms with van der Waals surface area (Å²) in [6.07, 6.45) is 3.13. The first-order chi connectivity index (χ1) is 5.70. The zero-order valence-corrected chi connectivity index (χ0v) is 8.56. The number of rotatable bonds is 4. The Hall–Kier alpha value is -0.150. The van der Waals surface area contributed by atoms with Gasteiger partial charge in [-0.15, -0.1) is 0 Å². The maximum atomic E-state index is 5.91. The van der Waals surface area contributed by atoms with Gasteiger partial charge in [-0.3, -0.25) is 0 Å². The molecule has 1 aliphatic rings. The molecule has 3 heteroatoms. The third-order valence-electron chi connectivity index (χ3n) is 1.71. The van der Waals surface area contributed by atoms with E-state index in [2.05, 4.69) is 19.9 Å². The molecule has 0 aliphatic carbocycles. The first-order valence-corrected chi connectivity index (χ1v) is 5.45. The van der Waals surface area contributed by atoms with E-state index < -0.39 is 0 Å². The molecule has 0 aromatic heterocycles. The van der Waals surface area contributed by atoms with Crippen molar-refractivity contribution in [2.45, 2.75) is 31.6 Å². The molecule has 0 bridgehead atoms. The summed E-state index contributed by atoms with van der Waals surface area (Å²) in [7, 11) is 0. The molecular weight excluding hydrogens is 170 g/mol. The van der Waals surface area contributed by atoms with Crippen LogP contribution in [0.4, 0.5) is 0 Å². The van der Waals surface area contributed by atoms with Crippen LogP contribution in [-0.4, -0.2) is 23.7 Å². The van der Waals surface area contributed by atoms with Gasteiger partial charge in [-0.1, -0.05) is 13.8 Å². The number of ether oxygens (including phenoxy) is 1. The summed E-state index contributed by atoms with van der Waals surface area (Å²) in [5.41, 5.74) is 5.91. The molecular formula is C9H17NOS. The highest BCUT2D eigenvalue weighted by Gasteiger charge is 2.14. The smallest absolute Gasteiger partial charge is 0.110 e. The Bertz CT molecular complexity index is 168. The standard InChI is InChI=1S/C9H17NOS/c1-7(2)12-6-8(10)9-4-3-5-11-9/h4,7-8H,3,5-6,10H2,1-2H3. The largest absolute Gasteiger partial charge is 0.496 e. The van der Waals surface area contributed by atoms with Gasteiger partial charge in [-0.2, -0.15) is 11.8 Å². The molecule has 1 rings (SSSR count). The fourth-order valence-electron chi connectivity index (χ4n) is 1.07. The lowest BCUT2D eigenvalue weighted by atomic mass is 10.3. The highest BCUT2D eigenvalue weighted by molar-refractivity contribution is 7.99. The maximum Gasteiger partial charge on any atom is 0.110 e. The van der Waals surface area contributed by atoms with Crippen LogP contribution in [0.1, 0.15) is 20.3 Å². The van der Waals surface area contributed by atoms with Crippen molar-refractivity contribution in [3.8, 4) is 0 Å². The predicted molar refractivity (Wildman–Crippen MR) is 54.2 cm³/mol. The van der Waals surface area contributed by atoms with Crippen LogP contribution in [0, 0.1) is 0 Å². The topological polar surface area (TPSA) is 35.2 Å². The van der Waals surface area contributed by atoms with E-state index in [4.69, 9.17) is 10.5 Å². The Balaban J connectivity index is 2.23. The van der Waals surface area contributed by atoms with Crippen LogP contribution in [0.3, 0.4) is 0 Å². The summed E-state index contributed by atoms with van der Waals surface area (Å²) >= 11 is 1.88. The minimum Gasteiger partial charge on any atom is -0.496 e. The number of hydrogen-bond acceptors (Lipinski definition) is 3. The molecule has 0 aromatic carbocycles. The second-order valence-electron chi connectivity index (χ2n) is 3.23. The van der Waals surface area contributed by atoms with E-state index in [1.807, 2.05) is 11.8 Å². The average Bonchev–Trinajstić information content (AvgIpc) is 2.51. The Morgan fingerprint density at radius 3 is 2.92 bits per heavy atom. The van der Waals surface area contributed by atoms with Crippen LogP contribution in [-0.2, 0) is 4.74 Å². The minimum absolute atomic E-state index is 0.0971. The molecule has 1 aliphatic heterocycles. The minimum atomic E-state index is 0.0971. The van der Waals surface area contributed by atoms with Crippen LogP contribution in [0.25, 0.3) is 0 Å². The Labute approximate surface area is 78.5 Å². The van der Waals surface area contributed by atoms with Crippen LogP contribution >= 0.6 is 11.8 Å². The zero-order chi connectivity index (χ0) is 8.97. The maximum absolute atomic E-state index is 5.91. The van der Waals surface area contributed by atoms with Crippen LogP contribution in [0.5, 0.6) is 0 Å². The summed E-state index contributed by atoms with van der Waals surface area (Å²) in [5.74, 6) is 1.95. The molecule has 2 N–H and O–H groups in total. The summed E-state index contributed by atoms with van der Waals surface area (Å²) in [6, 6.07) is 0.0971. The number of thioether (sulfide) groups is 1. The summed E-state index contributed by atoms with van der Waals surface area (Å²) in [4.78, 5) is 0. The first-order valence-electron chi connectivity index (χ1n) is 4.40. The van der Waals surface area contributed by atoms with Gasteiger partial charge < -0.3 is 10.5 Å². The van der Waals surface area contributed by atoms with E-state index in [0.717, 1.165) is 24.5 Å². The van der Waals surface area contributed by atoms with Crippen molar-refractivity contribution >= 4 is 11.8 Å². The molecule has 70 valence electrons. The first kappa shape index (κ1) is 9.93. The van der Waals surface area contributed by atoms with E-state index >= 15 is 0 Å². The molecule has 0 amide bonds. The quantitative estimate of drug-likeness (QED) is 0.728. The lowest BCUT2D eigenvalue weighted by Crippen LogP contribution is -2.26. The number of nitrogens with two attached hydrogens (primary N) is 1. The van der Waals surface area contributed by atoms with Crippen molar-refractivity contribution in [3.05, 3.63) is 11.8 Å². The SMILES string of the molecule is CC(C)SCC(N)C1=CCCO1. The van der Waals surface area contributed by atoms with Crippen molar-refractivity contribution < 1.29 is 4.74 Å². The molecule has 1 unspecified atom stereocenters. The fraction of sp³-hybridized carbons (Fsp3) is 0.778. The van der Waals surface area contributed by atoms with Gasteiger partial charge in [-0.25, -0.2) is 0 Å². The van der Waals surface area contributed by atoms with Gasteiger partial charge in [0, 0.05) is 12.2 Å². The van der Waals surface area contributed by atoms with Crippen molar-refractivity contribution in [3.63, 3.8) is 0 Å². The van der Waals surface area contributed by atoms with Gasteiger partial charge in [0.2, 0.25) is 0 Å². The van der Waals surface area contributed by atoms with Crippen molar-refractivity contribution in [2.24, 2.45) is 5.73 Å². The molecule has 0 aromatic rings. The Kier molecular flexibility index (Phi) is 3.95. The van der Waals surface area contributed by atoms with Crippen molar-refractivity contribution in [1.82, 2.24) is 0 Å². The molecule has 0 fully saturated rings. The van der Waals surface area contributed by atoms with E-state index in [1.54, 1.807) is 0 Å². The van der Waals surface area contributed by atoms with Crippen molar-refractivity contribution in [1.29, 1.82) is 0 Å². The molecule has 0 saturated heterocycles. The van der Waals surface area contributed by atoms with E-state index in [0.29, 0.717) is 5.25 Å². The third-order valence-corrected chi connectivity index (χ3v) is 2.92. The zero-order valence-electron chi connectivity index (χ0n) is 7.75. The number of hydrogen-bond donors (Lipinski definition) is 1. The van der Waals surface area contributed by atoms with E-state index in [9.17, 15) is 0 Å². The normalized spacial score (nSPS) is 19.2. The summed E-state index contributed by atoms with van der Waals surface area (Å²) in [5, 5.41) is 0.651. The van der Waals surface area contributed by atoms with Gasteiger partial charge >= 0.3 is 0 Å². The Morgan fingerprint density at radius 2 is 2.42 bits per heavy atom. The Morgan fingerprint density at radius 1 is 1.67 bits per heavy atom. The van der Waals surface area contributed by atoms with Gasteiger partial charge in [0.1, 0.15) is 5.76 Å². The summed E-state index contributed by atoms with van der Waals surface area (Å²) < 4.78 is 5.37. The molecule has 0 spiro atoms. The molecule has 2 nitrogen and oxygen atoms in total.